The van der Waals surface area contributed by atoms with Crippen molar-refractivity contribution in [2.75, 3.05) is 19.0 Å². The number of primary amides is 1. The average molecular weight is 323 g/mol. The van der Waals surface area contributed by atoms with Gasteiger partial charge in [0.1, 0.15) is 17.4 Å². The Balaban J connectivity index is 2.56. The molecule has 4 N–H and O–H groups in total. The lowest BCUT2D eigenvalue weighted by Crippen LogP contribution is -2.40. The molecule has 0 saturated carbocycles. The van der Waals surface area contributed by atoms with Crippen molar-refractivity contribution >= 4 is 17.7 Å². The molecule has 0 saturated heterocycles. The zero-order valence-corrected chi connectivity index (χ0v) is 14.0. The maximum atomic E-state index is 11.6. The van der Waals surface area contributed by atoms with Gasteiger partial charge in [0.25, 0.3) is 0 Å². The second-order valence-electron chi connectivity index (χ2n) is 6.02. The quantitative estimate of drug-likeness (QED) is 0.711. The van der Waals surface area contributed by atoms with Crippen molar-refractivity contribution in [3.63, 3.8) is 0 Å². The Morgan fingerprint density at radius 3 is 2.48 bits per heavy atom. The molecule has 128 valence electrons. The molecule has 7 heteroatoms. The van der Waals surface area contributed by atoms with Gasteiger partial charge in [0.05, 0.1) is 12.8 Å². The van der Waals surface area contributed by atoms with E-state index in [1.807, 2.05) is 12.1 Å². The first-order chi connectivity index (χ1) is 10.7. The van der Waals surface area contributed by atoms with Crippen LogP contribution in [-0.4, -0.2) is 37.3 Å². The van der Waals surface area contributed by atoms with Crippen LogP contribution in [0.3, 0.4) is 0 Å². The molecule has 0 aromatic heterocycles. The number of alkyl carbamates (subject to hydrolysis) is 1. The topological polar surface area (TPSA) is 103 Å². The Bertz CT molecular complexity index is 540. The summed E-state index contributed by atoms with van der Waals surface area (Å²) in [5.41, 5.74) is 5.50. The Morgan fingerprint density at radius 2 is 1.91 bits per heavy atom. The molecule has 1 rings (SSSR count). The van der Waals surface area contributed by atoms with Crippen LogP contribution in [0.4, 0.5) is 10.5 Å². The van der Waals surface area contributed by atoms with Crippen molar-refractivity contribution in [2.45, 2.75) is 38.8 Å². The molecule has 0 aliphatic rings. The molecule has 1 aromatic carbocycles. The van der Waals surface area contributed by atoms with Crippen molar-refractivity contribution in [1.82, 2.24) is 5.32 Å². The molecule has 0 heterocycles. The van der Waals surface area contributed by atoms with Crippen LogP contribution < -0.4 is 21.1 Å². The van der Waals surface area contributed by atoms with E-state index in [9.17, 15) is 9.59 Å². The van der Waals surface area contributed by atoms with Gasteiger partial charge < -0.3 is 25.8 Å². The maximum absolute atomic E-state index is 11.6. The molecule has 0 aliphatic heterocycles. The molecule has 0 fully saturated rings. The van der Waals surface area contributed by atoms with Gasteiger partial charge in [-0.25, -0.2) is 4.79 Å². The number of benzene rings is 1. The van der Waals surface area contributed by atoms with Crippen molar-refractivity contribution in [3.05, 3.63) is 24.3 Å². The third-order valence-corrected chi connectivity index (χ3v) is 2.88. The molecule has 2 amide bonds. The van der Waals surface area contributed by atoms with E-state index in [4.69, 9.17) is 15.2 Å². The largest absolute Gasteiger partial charge is 0.495 e. The summed E-state index contributed by atoms with van der Waals surface area (Å²) in [7, 11) is 1.55. The summed E-state index contributed by atoms with van der Waals surface area (Å²) in [4.78, 5) is 23.2. The van der Waals surface area contributed by atoms with E-state index < -0.39 is 23.6 Å². The zero-order chi connectivity index (χ0) is 17.5. The number of carbonyl (C=O) groups is 2. The molecule has 0 bridgehead atoms. The summed E-state index contributed by atoms with van der Waals surface area (Å²) in [6.07, 6.45) is -0.204. The first-order valence-corrected chi connectivity index (χ1v) is 7.38. The number of anilines is 1. The highest BCUT2D eigenvalue weighted by Crippen LogP contribution is 2.24. The minimum atomic E-state index is -0.638. The summed E-state index contributed by atoms with van der Waals surface area (Å²) < 4.78 is 10.3. The van der Waals surface area contributed by atoms with Crippen LogP contribution in [-0.2, 0) is 9.53 Å². The van der Waals surface area contributed by atoms with E-state index in [-0.39, 0.29) is 6.54 Å². The van der Waals surface area contributed by atoms with Crippen molar-refractivity contribution in [2.24, 2.45) is 5.73 Å². The lowest BCUT2D eigenvalue weighted by Gasteiger charge is -2.21. The zero-order valence-electron chi connectivity index (χ0n) is 14.0. The van der Waals surface area contributed by atoms with Crippen molar-refractivity contribution < 1.29 is 19.1 Å². The predicted molar refractivity (Wildman–Crippen MR) is 88.5 cm³/mol. The van der Waals surface area contributed by atoms with Gasteiger partial charge in [-0.3, -0.25) is 4.79 Å². The van der Waals surface area contributed by atoms with E-state index in [1.54, 1.807) is 40.0 Å². The number of nitrogens with two attached hydrogens (primary N) is 1. The first-order valence-electron chi connectivity index (χ1n) is 7.38. The minimum absolute atomic E-state index is 0.255. The second kappa shape index (κ2) is 8.26. The average Bonchev–Trinajstić information content (AvgIpc) is 2.44. The van der Waals surface area contributed by atoms with Crippen LogP contribution in [0.1, 0.15) is 27.2 Å². The number of rotatable bonds is 7. The van der Waals surface area contributed by atoms with E-state index in [1.165, 1.54) is 0 Å². The van der Waals surface area contributed by atoms with E-state index in [0.29, 0.717) is 17.9 Å². The maximum Gasteiger partial charge on any atom is 0.407 e. The van der Waals surface area contributed by atoms with Gasteiger partial charge in [0.15, 0.2) is 0 Å². The number of ether oxygens (including phenoxy) is 2. The molecule has 23 heavy (non-hydrogen) atoms. The molecule has 7 nitrogen and oxygen atoms in total. The third kappa shape index (κ3) is 6.90. The van der Waals surface area contributed by atoms with E-state index in [0.717, 1.165) is 0 Å². The summed E-state index contributed by atoms with van der Waals surface area (Å²) in [6.45, 7) is 5.59. The molecule has 0 spiro atoms. The fraction of sp³-hybridized carbons (Fsp3) is 0.500. The number of carbonyl (C=O) groups excluding carboxylic acids is 2. The van der Waals surface area contributed by atoms with Crippen LogP contribution in [0, 0.1) is 0 Å². The summed E-state index contributed by atoms with van der Waals surface area (Å²) in [5, 5.41) is 5.63. The van der Waals surface area contributed by atoms with Gasteiger partial charge in [-0.2, -0.15) is 0 Å². The number of amides is 2. The molecule has 1 atom stereocenters. The minimum Gasteiger partial charge on any atom is -0.495 e. The molecule has 0 aliphatic carbocycles. The smallest absolute Gasteiger partial charge is 0.407 e. The monoisotopic (exact) mass is 323 g/mol. The molecule has 1 unspecified atom stereocenters. The Hall–Kier alpha value is -2.44. The standard InChI is InChI=1S/C16H25N3O4/c1-16(2,3)23-15(21)18-10-9-12(14(17)20)19-11-7-5-6-8-13(11)22-4/h5-8,12,19H,9-10H2,1-4H3,(H2,17,20)(H,18,21). The SMILES string of the molecule is COc1ccccc1NC(CCNC(=O)OC(C)(C)C)C(N)=O. The van der Waals surface area contributed by atoms with E-state index in [2.05, 4.69) is 10.6 Å². The van der Waals surface area contributed by atoms with Crippen LogP contribution >= 0.6 is 0 Å². The van der Waals surface area contributed by atoms with Gasteiger partial charge in [-0.1, -0.05) is 12.1 Å². The first kappa shape index (κ1) is 18.6. The predicted octanol–water partition coefficient (Wildman–Crippen LogP) is 1.88. The Labute approximate surface area is 136 Å². The lowest BCUT2D eigenvalue weighted by atomic mass is 10.1. The number of hydrogen-bond acceptors (Lipinski definition) is 5. The highest BCUT2D eigenvalue weighted by Gasteiger charge is 2.19. The summed E-state index contributed by atoms with van der Waals surface area (Å²) in [6, 6.07) is 6.58. The second-order valence-corrected chi connectivity index (χ2v) is 6.02. The normalized spacial score (nSPS) is 12.2. The van der Waals surface area contributed by atoms with Crippen molar-refractivity contribution in [3.8, 4) is 5.75 Å². The summed E-state index contributed by atoms with van der Waals surface area (Å²) >= 11 is 0. The molecule has 0 radical (unpaired) electrons. The number of methoxy groups -OCH3 is 1. The van der Waals surface area contributed by atoms with E-state index >= 15 is 0 Å². The van der Waals surface area contributed by atoms with Crippen LogP contribution in [0.5, 0.6) is 5.75 Å². The number of nitrogens with one attached hydrogen (secondary N) is 2. The lowest BCUT2D eigenvalue weighted by molar-refractivity contribution is -0.118. The third-order valence-electron chi connectivity index (χ3n) is 2.88. The highest BCUT2D eigenvalue weighted by atomic mass is 16.6. The van der Waals surface area contributed by atoms with Crippen LogP contribution in [0.2, 0.25) is 0 Å². The van der Waals surface area contributed by atoms with Gasteiger partial charge in [-0.15, -0.1) is 0 Å². The number of para-hydroxylation sites is 2. The number of hydrogen-bond donors (Lipinski definition) is 3. The van der Waals surface area contributed by atoms with Crippen molar-refractivity contribution in [1.29, 1.82) is 0 Å². The Morgan fingerprint density at radius 1 is 1.26 bits per heavy atom. The summed E-state index contributed by atoms with van der Waals surface area (Å²) in [5.74, 6) is 0.0979. The fourth-order valence-electron chi connectivity index (χ4n) is 1.87. The van der Waals surface area contributed by atoms with Gasteiger partial charge in [-0.05, 0) is 39.3 Å². The van der Waals surface area contributed by atoms with Gasteiger partial charge in [0, 0.05) is 6.54 Å². The molecular formula is C16H25N3O4. The molecule has 1 aromatic rings. The van der Waals surface area contributed by atoms with Gasteiger partial charge in [0.2, 0.25) is 5.91 Å². The Kier molecular flexibility index (Phi) is 6.68. The fourth-order valence-corrected chi connectivity index (χ4v) is 1.87. The van der Waals surface area contributed by atoms with Crippen LogP contribution in [0.15, 0.2) is 24.3 Å². The van der Waals surface area contributed by atoms with Crippen LogP contribution in [0.25, 0.3) is 0 Å². The highest BCUT2D eigenvalue weighted by molar-refractivity contribution is 5.83. The molecular weight excluding hydrogens is 298 g/mol. The van der Waals surface area contributed by atoms with Gasteiger partial charge >= 0.3 is 6.09 Å².